The second kappa shape index (κ2) is 15.4. The number of carbonyl (C=O) groups is 2. The van der Waals surface area contributed by atoms with E-state index in [-0.39, 0.29) is 24.2 Å². The van der Waals surface area contributed by atoms with Crippen molar-refractivity contribution in [3.8, 4) is 5.75 Å². The Hall–Kier alpha value is -3.06. The first kappa shape index (κ1) is 31.9. The van der Waals surface area contributed by atoms with Crippen LogP contribution >= 0.6 is 24.0 Å². The number of rotatable bonds is 12. The maximum absolute atomic E-state index is 12.6. The Morgan fingerprint density at radius 1 is 0.881 bits per heavy atom. The number of anilines is 1. The van der Waals surface area contributed by atoms with E-state index in [1.165, 1.54) is 24.0 Å². The van der Waals surface area contributed by atoms with Crippen molar-refractivity contribution in [3.63, 3.8) is 0 Å². The van der Waals surface area contributed by atoms with E-state index in [0.29, 0.717) is 34.3 Å². The Labute approximate surface area is 260 Å². The van der Waals surface area contributed by atoms with Gasteiger partial charge in [0.1, 0.15) is 5.75 Å². The highest BCUT2D eigenvalue weighted by molar-refractivity contribution is 6.30. The maximum Gasteiger partial charge on any atom is 0.255 e. The second-order valence-electron chi connectivity index (χ2n) is 11.4. The number of hydrogen-bond acceptors (Lipinski definition) is 4. The first-order valence-electron chi connectivity index (χ1n) is 14.9. The van der Waals surface area contributed by atoms with E-state index < -0.39 is 0 Å². The lowest BCUT2D eigenvalue weighted by molar-refractivity contribution is 0.0951. The van der Waals surface area contributed by atoms with Crippen LogP contribution in [0, 0.1) is 12.8 Å². The average molecular weight is 611 g/mol. The van der Waals surface area contributed by atoms with Crippen molar-refractivity contribution in [2.45, 2.75) is 51.4 Å². The van der Waals surface area contributed by atoms with E-state index in [2.05, 4.69) is 40.7 Å². The standard InChI is InChI=1S/C34H40ClN3O3.ClH/c1-24-4-15-31(32(22-24)41-23-25-5-6-25)26-16-20-38(21-17-26)19-3-2-18-36-33(39)27-9-13-30(14-10-27)37-34(40)28-7-11-29(35)12-8-28;/h4,7-15,22,25-26H,2-3,5-6,16-21,23H2,1H3,(H,36,39)(H,37,40);1H. The Morgan fingerprint density at radius 2 is 1.55 bits per heavy atom. The topological polar surface area (TPSA) is 70.7 Å². The van der Waals surface area contributed by atoms with Gasteiger partial charge in [-0.15, -0.1) is 12.4 Å². The van der Waals surface area contributed by atoms with Crippen LogP contribution in [0.5, 0.6) is 5.75 Å². The lowest BCUT2D eigenvalue weighted by Gasteiger charge is -2.33. The molecule has 1 saturated carbocycles. The molecule has 224 valence electrons. The summed E-state index contributed by atoms with van der Waals surface area (Å²) in [5.41, 5.74) is 4.38. The molecule has 3 aromatic carbocycles. The van der Waals surface area contributed by atoms with Crippen molar-refractivity contribution in [2.75, 3.05) is 38.1 Å². The highest BCUT2D eigenvalue weighted by Crippen LogP contribution is 2.37. The predicted molar refractivity (Wildman–Crippen MR) is 172 cm³/mol. The van der Waals surface area contributed by atoms with Crippen LogP contribution in [-0.4, -0.2) is 49.5 Å². The lowest BCUT2D eigenvalue weighted by Crippen LogP contribution is -2.34. The summed E-state index contributed by atoms with van der Waals surface area (Å²) in [7, 11) is 0. The maximum atomic E-state index is 12.6. The number of nitrogens with zero attached hydrogens (tertiary/aromatic N) is 1. The minimum absolute atomic E-state index is 0. The fraction of sp³-hybridized carbons (Fsp3) is 0.412. The molecule has 0 atom stereocenters. The summed E-state index contributed by atoms with van der Waals surface area (Å²) in [6, 6.07) is 20.4. The van der Waals surface area contributed by atoms with Crippen LogP contribution in [0.2, 0.25) is 5.02 Å². The van der Waals surface area contributed by atoms with E-state index >= 15 is 0 Å². The van der Waals surface area contributed by atoms with E-state index in [4.69, 9.17) is 16.3 Å². The molecule has 0 bridgehead atoms. The summed E-state index contributed by atoms with van der Waals surface area (Å²) < 4.78 is 6.24. The highest BCUT2D eigenvalue weighted by atomic mass is 35.5. The van der Waals surface area contributed by atoms with Crippen molar-refractivity contribution in [1.82, 2.24) is 10.2 Å². The molecule has 0 spiro atoms. The first-order chi connectivity index (χ1) is 19.9. The molecule has 1 aliphatic carbocycles. The molecule has 1 aliphatic heterocycles. The molecule has 3 aromatic rings. The van der Waals surface area contributed by atoms with Gasteiger partial charge in [-0.2, -0.15) is 0 Å². The number of carbonyl (C=O) groups excluding carboxylic acids is 2. The summed E-state index contributed by atoms with van der Waals surface area (Å²) in [5, 5.41) is 6.44. The van der Waals surface area contributed by atoms with Gasteiger partial charge in [0.05, 0.1) is 6.61 Å². The van der Waals surface area contributed by atoms with Crippen molar-refractivity contribution in [3.05, 3.63) is 94.0 Å². The molecular formula is C34H41Cl2N3O3. The van der Waals surface area contributed by atoms with Gasteiger partial charge in [-0.1, -0.05) is 23.7 Å². The van der Waals surface area contributed by atoms with Gasteiger partial charge in [0, 0.05) is 28.4 Å². The average Bonchev–Trinajstić information content (AvgIpc) is 3.82. The van der Waals surface area contributed by atoms with E-state index in [0.717, 1.165) is 63.6 Å². The molecule has 2 N–H and O–H groups in total. The van der Waals surface area contributed by atoms with Gasteiger partial charge in [0.2, 0.25) is 0 Å². The van der Waals surface area contributed by atoms with Crippen molar-refractivity contribution in [2.24, 2.45) is 5.92 Å². The predicted octanol–water partition coefficient (Wildman–Crippen LogP) is 7.50. The van der Waals surface area contributed by atoms with Gasteiger partial charge in [-0.25, -0.2) is 0 Å². The summed E-state index contributed by atoms with van der Waals surface area (Å²) in [4.78, 5) is 27.5. The van der Waals surface area contributed by atoms with Gasteiger partial charge >= 0.3 is 0 Å². The summed E-state index contributed by atoms with van der Waals surface area (Å²) in [6.45, 7) is 6.92. The fourth-order valence-electron chi connectivity index (χ4n) is 5.34. The van der Waals surface area contributed by atoms with Gasteiger partial charge in [0.25, 0.3) is 11.8 Å². The minimum atomic E-state index is -0.221. The van der Waals surface area contributed by atoms with Gasteiger partial charge in [-0.05, 0) is 143 Å². The molecule has 5 rings (SSSR count). The summed E-state index contributed by atoms with van der Waals surface area (Å²) in [6.07, 6.45) is 6.94. The Morgan fingerprint density at radius 3 is 2.24 bits per heavy atom. The summed E-state index contributed by atoms with van der Waals surface area (Å²) >= 11 is 5.89. The summed E-state index contributed by atoms with van der Waals surface area (Å²) in [5.74, 6) is 2.11. The molecule has 2 amide bonds. The zero-order valence-corrected chi connectivity index (χ0v) is 25.8. The molecule has 8 heteroatoms. The van der Waals surface area contributed by atoms with Crippen LogP contribution in [-0.2, 0) is 0 Å². The third-order valence-electron chi connectivity index (χ3n) is 8.07. The Balaban J connectivity index is 0.00000405. The van der Waals surface area contributed by atoms with Crippen molar-refractivity contribution >= 4 is 41.5 Å². The van der Waals surface area contributed by atoms with Crippen LogP contribution in [0.1, 0.15) is 76.3 Å². The lowest BCUT2D eigenvalue weighted by atomic mass is 9.88. The number of nitrogens with one attached hydrogen (secondary N) is 2. The SMILES string of the molecule is Cc1ccc(C2CCN(CCCCNC(=O)c3ccc(NC(=O)c4ccc(Cl)cc4)cc3)CC2)c(OCC2CC2)c1.Cl. The number of unbranched alkanes of at least 4 members (excludes halogenated alkanes) is 1. The largest absolute Gasteiger partial charge is 0.493 e. The van der Waals surface area contributed by atoms with Gasteiger partial charge in [0.15, 0.2) is 0 Å². The molecule has 2 aliphatic rings. The first-order valence-corrected chi connectivity index (χ1v) is 15.2. The van der Waals surface area contributed by atoms with Crippen molar-refractivity contribution < 1.29 is 14.3 Å². The number of hydrogen-bond donors (Lipinski definition) is 2. The second-order valence-corrected chi connectivity index (χ2v) is 11.8. The molecule has 1 saturated heterocycles. The molecular weight excluding hydrogens is 569 g/mol. The quantitative estimate of drug-likeness (QED) is 0.209. The highest BCUT2D eigenvalue weighted by Gasteiger charge is 2.25. The molecule has 42 heavy (non-hydrogen) atoms. The molecule has 0 radical (unpaired) electrons. The van der Waals surface area contributed by atoms with Crippen LogP contribution < -0.4 is 15.4 Å². The van der Waals surface area contributed by atoms with E-state index in [1.54, 1.807) is 48.5 Å². The van der Waals surface area contributed by atoms with Crippen LogP contribution in [0.25, 0.3) is 0 Å². The van der Waals surface area contributed by atoms with Crippen LogP contribution in [0.15, 0.2) is 66.7 Å². The van der Waals surface area contributed by atoms with Crippen LogP contribution in [0.4, 0.5) is 5.69 Å². The van der Waals surface area contributed by atoms with Crippen molar-refractivity contribution in [1.29, 1.82) is 0 Å². The smallest absolute Gasteiger partial charge is 0.255 e. The number of aryl methyl sites for hydroxylation is 1. The van der Waals surface area contributed by atoms with E-state index in [1.807, 2.05) is 0 Å². The minimum Gasteiger partial charge on any atom is -0.493 e. The number of halogens is 2. The molecule has 1 heterocycles. The number of benzene rings is 3. The third-order valence-corrected chi connectivity index (χ3v) is 8.32. The van der Waals surface area contributed by atoms with E-state index in [9.17, 15) is 9.59 Å². The number of likely N-dealkylation sites (tertiary alicyclic amines) is 1. The molecule has 0 aromatic heterocycles. The molecule has 0 unspecified atom stereocenters. The monoisotopic (exact) mass is 609 g/mol. The zero-order valence-electron chi connectivity index (χ0n) is 24.2. The van der Waals surface area contributed by atoms with Gasteiger partial charge in [-0.3, -0.25) is 9.59 Å². The molecule has 2 fully saturated rings. The fourth-order valence-corrected chi connectivity index (χ4v) is 5.46. The Kier molecular flexibility index (Phi) is 11.7. The van der Waals surface area contributed by atoms with Crippen LogP contribution in [0.3, 0.4) is 0 Å². The number of piperidine rings is 1. The molecule has 6 nitrogen and oxygen atoms in total. The zero-order chi connectivity index (χ0) is 28.6. The third kappa shape index (κ3) is 9.22. The Bertz CT molecular complexity index is 1320. The van der Waals surface area contributed by atoms with Gasteiger partial charge < -0.3 is 20.3 Å². The normalized spacial score (nSPS) is 15.5. The number of amides is 2. The number of ether oxygens (including phenoxy) is 1.